The van der Waals surface area contributed by atoms with E-state index in [0.29, 0.717) is 22.0 Å². The molecule has 1 aliphatic carbocycles. The number of nitrogens with one attached hydrogen (secondary N) is 3. The molecule has 8 nitrogen and oxygen atoms in total. The molecule has 32 heavy (non-hydrogen) atoms. The first-order valence-electron chi connectivity index (χ1n) is 10.4. The zero-order valence-electron chi connectivity index (χ0n) is 17.5. The van der Waals surface area contributed by atoms with E-state index in [1.807, 2.05) is 0 Å². The zero-order chi connectivity index (χ0) is 22.8. The number of amides is 3. The van der Waals surface area contributed by atoms with Gasteiger partial charge in [-0.05, 0) is 60.9 Å². The predicted octanol–water partition coefficient (Wildman–Crippen LogP) is 3.26. The number of rotatable bonds is 7. The highest BCUT2D eigenvalue weighted by Gasteiger charge is 2.16. The van der Waals surface area contributed by atoms with Crippen LogP contribution in [0.25, 0.3) is 0 Å². The monoisotopic (exact) mass is 456 g/mol. The van der Waals surface area contributed by atoms with Gasteiger partial charge in [0.1, 0.15) is 5.75 Å². The van der Waals surface area contributed by atoms with Crippen molar-refractivity contribution in [2.24, 2.45) is 5.10 Å². The normalized spacial score (nSPS) is 14.0. The number of hydrogen-bond donors (Lipinski definition) is 3. The number of carbonyl (C=O) groups excluding carboxylic acids is 3. The molecule has 3 N–H and O–H groups in total. The molecule has 0 aliphatic heterocycles. The van der Waals surface area contributed by atoms with E-state index in [2.05, 4.69) is 21.2 Å². The standard InChI is InChI=1S/C23H25ClN4O4/c24-17-5-4-8-19(13-17)27-22(30)23(31)28-25-14-16-9-11-20(12-10-16)32-15-21(29)26-18-6-2-1-3-7-18/h4-5,8-14,18H,1-3,6-7,15H2,(H,26,29)(H,27,30)(H,28,31)/b25-14-. The van der Waals surface area contributed by atoms with Crippen molar-refractivity contribution >= 4 is 41.2 Å². The van der Waals surface area contributed by atoms with Crippen LogP contribution in [0.4, 0.5) is 5.69 Å². The van der Waals surface area contributed by atoms with E-state index in [0.717, 1.165) is 25.7 Å². The average molecular weight is 457 g/mol. The summed E-state index contributed by atoms with van der Waals surface area (Å²) in [5, 5.41) is 9.65. The smallest absolute Gasteiger partial charge is 0.329 e. The van der Waals surface area contributed by atoms with Crippen LogP contribution in [0.1, 0.15) is 37.7 Å². The van der Waals surface area contributed by atoms with Crippen molar-refractivity contribution < 1.29 is 19.1 Å². The number of hydrogen-bond acceptors (Lipinski definition) is 5. The third-order valence-electron chi connectivity index (χ3n) is 4.89. The maximum atomic E-state index is 12.0. The Morgan fingerprint density at radius 1 is 1.03 bits per heavy atom. The third-order valence-corrected chi connectivity index (χ3v) is 5.12. The van der Waals surface area contributed by atoms with Crippen molar-refractivity contribution in [3.05, 3.63) is 59.1 Å². The molecule has 168 valence electrons. The minimum Gasteiger partial charge on any atom is -0.484 e. The molecule has 1 saturated carbocycles. The van der Waals surface area contributed by atoms with Crippen LogP contribution in [0.5, 0.6) is 5.75 Å². The lowest BCUT2D eigenvalue weighted by Gasteiger charge is -2.22. The molecule has 0 bridgehead atoms. The van der Waals surface area contributed by atoms with Crippen LogP contribution in [0, 0.1) is 0 Å². The summed E-state index contributed by atoms with van der Waals surface area (Å²) in [5.41, 5.74) is 3.25. The van der Waals surface area contributed by atoms with Crippen molar-refractivity contribution in [1.29, 1.82) is 0 Å². The Morgan fingerprint density at radius 2 is 1.78 bits per heavy atom. The zero-order valence-corrected chi connectivity index (χ0v) is 18.2. The van der Waals surface area contributed by atoms with E-state index in [4.69, 9.17) is 16.3 Å². The summed E-state index contributed by atoms with van der Waals surface area (Å²) < 4.78 is 5.51. The number of anilines is 1. The Labute approximate surface area is 191 Å². The quantitative estimate of drug-likeness (QED) is 0.337. The molecular weight excluding hydrogens is 432 g/mol. The van der Waals surface area contributed by atoms with Gasteiger partial charge in [0.15, 0.2) is 6.61 Å². The van der Waals surface area contributed by atoms with Gasteiger partial charge in [0.05, 0.1) is 6.21 Å². The van der Waals surface area contributed by atoms with Crippen LogP contribution >= 0.6 is 11.6 Å². The van der Waals surface area contributed by atoms with Crippen molar-refractivity contribution in [2.45, 2.75) is 38.1 Å². The van der Waals surface area contributed by atoms with Gasteiger partial charge in [0.2, 0.25) is 0 Å². The fourth-order valence-electron chi connectivity index (χ4n) is 3.29. The number of carbonyl (C=O) groups is 3. The summed E-state index contributed by atoms with van der Waals surface area (Å²) in [6.07, 6.45) is 6.99. The van der Waals surface area contributed by atoms with Crippen LogP contribution in [0.15, 0.2) is 53.6 Å². The molecule has 0 spiro atoms. The van der Waals surface area contributed by atoms with Gasteiger partial charge in [-0.2, -0.15) is 5.10 Å². The molecule has 0 radical (unpaired) electrons. The van der Waals surface area contributed by atoms with Crippen LogP contribution in [0.2, 0.25) is 5.02 Å². The van der Waals surface area contributed by atoms with E-state index in [-0.39, 0.29) is 18.6 Å². The first-order chi connectivity index (χ1) is 15.5. The number of nitrogens with zero attached hydrogens (tertiary/aromatic N) is 1. The topological polar surface area (TPSA) is 109 Å². The molecule has 1 aliphatic rings. The lowest BCUT2D eigenvalue weighted by atomic mass is 9.95. The first-order valence-corrected chi connectivity index (χ1v) is 10.8. The third kappa shape index (κ3) is 7.70. The molecule has 1 fully saturated rings. The summed E-state index contributed by atoms with van der Waals surface area (Å²) in [6.45, 7) is -0.0399. The first kappa shape index (κ1) is 23.3. The van der Waals surface area contributed by atoms with E-state index in [9.17, 15) is 14.4 Å². The lowest BCUT2D eigenvalue weighted by molar-refractivity contribution is -0.136. The highest BCUT2D eigenvalue weighted by atomic mass is 35.5. The number of benzene rings is 2. The van der Waals surface area contributed by atoms with Crippen LogP contribution in [-0.4, -0.2) is 36.6 Å². The molecule has 0 heterocycles. The lowest BCUT2D eigenvalue weighted by Crippen LogP contribution is -2.38. The van der Waals surface area contributed by atoms with Gasteiger partial charge in [-0.1, -0.05) is 36.9 Å². The van der Waals surface area contributed by atoms with Gasteiger partial charge in [0.25, 0.3) is 5.91 Å². The number of ether oxygens (including phenoxy) is 1. The summed E-state index contributed by atoms with van der Waals surface area (Å²) in [7, 11) is 0. The Hall–Kier alpha value is -3.39. The fraction of sp³-hybridized carbons (Fsp3) is 0.304. The van der Waals surface area contributed by atoms with Gasteiger partial charge in [-0.3, -0.25) is 14.4 Å². The predicted molar refractivity (Wildman–Crippen MR) is 123 cm³/mol. The van der Waals surface area contributed by atoms with E-state index >= 15 is 0 Å². The molecule has 2 aromatic rings. The molecular formula is C23H25ClN4O4. The SMILES string of the molecule is O=C(COc1ccc(/C=N\NC(=O)C(=O)Nc2cccc(Cl)c2)cc1)NC1CCCCC1. The largest absolute Gasteiger partial charge is 0.484 e. The average Bonchev–Trinajstić information content (AvgIpc) is 2.79. The summed E-state index contributed by atoms with van der Waals surface area (Å²) in [4.78, 5) is 35.7. The number of hydrazone groups is 1. The molecule has 3 rings (SSSR count). The van der Waals surface area contributed by atoms with Gasteiger partial charge < -0.3 is 15.4 Å². The second-order valence-corrected chi connectivity index (χ2v) is 7.86. The maximum Gasteiger partial charge on any atom is 0.329 e. The second kappa shape index (κ2) is 11.9. The number of halogens is 1. The minimum absolute atomic E-state index is 0.0399. The molecule has 0 unspecified atom stereocenters. The summed E-state index contributed by atoms with van der Waals surface area (Å²) in [5.74, 6) is -1.35. The van der Waals surface area contributed by atoms with Gasteiger partial charge in [0, 0.05) is 16.8 Å². The maximum absolute atomic E-state index is 12.0. The minimum atomic E-state index is -0.912. The van der Waals surface area contributed by atoms with Crippen LogP contribution in [0.3, 0.4) is 0 Å². The highest BCUT2D eigenvalue weighted by Crippen LogP contribution is 2.17. The highest BCUT2D eigenvalue weighted by molar-refractivity contribution is 6.39. The van der Waals surface area contributed by atoms with Gasteiger partial charge >= 0.3 is 11.8 Å². The van der Waals surface area contributed by atoms with Crippen LogP contribution < -0.4 is 20.8 Å². The fourth-order valence-corrected chi connectivity index (χ4v) is 3.48. The molecule has 0 aromatic heterocycles. The Balaban J connectivity index is 1.40. The van der Waals surface area contributed by atoms with Crippen molar-refractivity contribution in [3.8, 4) is 5.75 Å². The summed E-state index contributed by atoms with van der Waals surface area (Å²) >= 11 is 5.84. The van der Waals surface area contributed by atoms with Gasteiger partial charge in [-0.15, -0.1) is 0 Å². The Bertz CT molecular complexity index is 972. The van der Waals surface area contributed by atoms with Crippen molar-refractivity contribution in [1.82, 2.24) is 10.7 Å². The van der Waals surface area contributed by atoms with E-state index < -0.39 is 11.8 Å². The van der Waals surface area contributed by atoms with Gasteiger partial charge in [-0.25, -0.2) is 5.43 Å². The van der Waals surface area contributed by atoms with Crippen molar-refractivity contribution in [2.75, 3.05) is 11.9 Å². The molecule has 0 atom stereocenters. The summed E-state index contributed by atoms with van der Waals surface area (Å²) in [6, 6.07) is 13.5. The second-order valence-electron chi connectivity index (χ2n) is 7.42. The molecule has 2 aromatic carbocycles. The molecule has 3 amide bonds. The van der Waals surface area contributed by atoms with E-state index in [1.165, 1.54) is 18.7 Å². The Morgan fingerprint density at radius 3 is 2.50 bits per heavy atom. The Kier molecular flexibility index (Phi) is 8.62. The van der Waals surface area contributed by atoms with Crippen LogP contribution in [-0.2, 0) is 14.4 Å². The molecule has 0 saturated heterocycles. The van der Waals surface area contributed by atoms with E-state index in [1.54, 1.807) is 42.5 Å². The van der Waals surface area contributed by atoms with Crippen molar-refractivity contribution in [3.63, 3.8) is 0 Å². The molecule has 9 heteroatoms.